The molecular formula is C19H20FN3. The van der Waals surface area contributed by atoms with Crippen LogP contribution in [0.15, 0.2) is 54.7 Å². The van der Waals surface area contributed by atoms with Crippen LogP contribution < -0.4 is 0 Å². The topological polar surface area (TPSA) is 21.1 Å². The Bertz CT molecular complexity index is 804. The summed E-state index contributed by atoms with van der Waals surface area (Å²) in [5.74, 6) is -0.237. The molecule has 118 valence electrons. The summed E-state index contributed by atoms with van der Waals surface area (Å²) in [6.07, 6.45) is 2.01. The zero-order chi connectivity index (χ0) is 16.4. The fourth-order valence-corrected chi connectivity index (χ4v) is 2.72. The van der Waals surface area contributed by atoms with Gasteiger partial charge in [-0.2, -0.15) is 5.10 Å². The molecule has 3 rings (SSSR count). The lowest BCUT2D eigenvalue weighted by molar-refractivity contribution is 0.402. The summed E-state index contributed by atoms with van der Waals surface area (Å²) in [4.78, 5) is 2.14. The summed E-state index contributed by atoms with van der Waals surface area (Å²) in [6, 6.07) is 14.9. The van der Waals surface area contributed by atoms with Gasteiger partial charge in [-0.3, -0.25) is 4.68 Å². The van der Waals surface area contributed by atoms with Crippen LogP contribution in [0.4, 0.5) is 4.39 Å². The SMILES string of the molecule is CN(C)Cc1cccc(-c2cn(C)nc2-c2ccc(F)cc2)c1. The van der Waals surface area contributed by atoms with Crippen molar-refractivity contribution in [3.63, 3.8) is 0 Å². The number of aromatic nitrogens is 2. The second-order valence-corrected chi connectivity index (χ2v) is 6.01. The highest BCUT2D eigenvalue weighted by Crippen LogP contribution is 2.31. The lowest BCUT2D eigenvalue weighted by atomic mass is 10.00. The third-order valence-electron chi connectivity index (χ3n) is 3.68. The second-order valence-electron chi connectivity index (χ2n) is 6.01. The van der Waals surface area contributed by atoms with E-state index in [0.717, 1.165) is 28.9 Å². The Hall–Kier alpha value is -2.46. The minimum Gasteiger partial charge on any atom is -0.305 e. The highest BCUT2D eigenvalue weighted by atomic mass is 19.1. The van der Waals surface area contributed by atoms with E-state index >= 15 is 0 Å². The molecule has 2 aromatic carbocycles. The fourth-order valence-electron chi connectivity index (χ4n) is 2.72. The molecule has 0 atom stereocenters. The molecule has 0 aliphatic rings. The van der Waals surface area contributed by atoms with E-state index in [-0.39, 0.29) is 5.82 Å². The van der Waals surface area contributed by atoms with Crippen molar-refractivity contribution < 1.29 is 4.39 Å². The van der Waals surface area contributed by atoms with Gasteiger partial charge in [0, 0.05) is 30.9 Å². The van der Waals surface area contributed by atoms with Crippen LogP contribution in [0.2, 0.25) is 0 Å². The van der Waals surface area contributed by atoms with E-state index in [4.69, 9.17) is 0 Å². The standard InChI is InChI=1S/C19H20FN3/c1-22(2)12-14-5-4-6-16(11-14)18-13-23(3)21-19(18)15-7-9-17(20)10-8-15/h4-11,13H,12H2,1-3H3. The van der Waals surface area contributed by atoms with Gasteiger partial charge in [-0.1, -0.05) is 18.2 Å². The zero-order valence-corrected chi connectivity index (χ0v) is 13.6. The van der Waals surface area contributed by atoms with Gasteiger partial charge < -0.3 is 4.90 Å². The molecule has 1 aromatic heterocycles. The molecule has 23 heavy (non-hydrogen) atoms. The molecule has 0 radical (unpaired) electrons. The predicted octanol–water partition coefficient (Wildman–Crippen LogP) is 3.95. The molecule has 0 N–H and O–H groups in total. The smallest absolute Gasteiger partial charge is 0.123 e. The molecule has 0 fully saturated rings. The first-order valence-corrected chi connectivity index (χ1v) is 7.56. The van der Waals surface area contributed by atoms with E-state index in [9.17, 15) is 4.39 Å². The molecule has 0 aliphatic carbocycles. The summed E-state index contributed by atoms with van der Waals surface area (Å²) in [6.45, 7) is 0.889. The first kappa shape index (κ1) is 15.4. The van der Waals surface area contributed by atoms with Crippen LogP contribution >= 0.6 is 0 Å². The van der Waals surface area contributed by atoms with Gasteiger partial charge in [0.05, 0.1) is 0 Å². The van der Waals surface area contributed by atoms with E-state index < -0.39 is 0 Å². The number of hydrogen-bond acceptors (Lipinski definition) is 2. The third-order valence-corrected chi connectivity index (χ3v) is 3.68. The number of halogens is 1. The average Bonchev–Trinajstić information content (AvgIpc) is 2.89. The van der Waals surface area contributed by atoms with Crippen LogP contribution in [0.1, 0.15) is 5.56 Å². The zero-order valence-electron chi connectivity index (χ0n) is 13.6. The maximum absolute atomic E-state index is 13.2. The van der Waals surface area contributed by atoms with Crippen molar-refractivity contribution in [2.75, 3.05) is 14.1 Å². The molecule has 0 spiro atoms. The Labute approximate surface area is 136 Å². The van der Waals surface area contributed by atoms with Gasteiger partial charge in [0.1, 0.15) is 11.5 Å². The van der Waals surface area contributed by atoms with E-state index in [2.05, 4.69) is 48.4 Å². The van der Waals surface area contributed by atoms with Gasteiger partial charge in [0.15, 0.2) is 0 Å². The highest BCUT2D eigenvalue weighted by molar-refractivity contribution is 5.80. The summed E-state index contributed by atoms with van der Waals surface area (Å²) in [7, 11) is 6.02. The molecule has 1 heterocycles. The predicted molar refractivity (Wildman–Crippen MR) is 91.4 cm³/mol. The molecule has 0 bridgehead atoms. The molecule has 0 amide bonds. The summed E-state index contributed by atoms with van der Waals surface area (Å²) in [5.41, 5.74) is 5.22. The van der Waals surface area contributed by atoms with Crippen LogP contribution in [-0.4, -0.2) is 28.8 Å². The lowest BCUT2D eigenvalue weighted by Crippen LogP contribution is -2.10. The molecule has 0 unspecified atom stereocenters. The monoisotopic (exact) mass is 309 g/mol. The average molecular weight is 309 g/mol. The van der Waals surface area contributed by atoms with Crippen molar-refractivity contribution in [1.29, 1.82) is 0 Å². The molecule has 0 saturated carbocycles. The summed E-state index contributed by atoms with van der Waals surface area (Å²) >= 11 is 0. The summed E-state index contributed by atoms with van der Waals surface area (Å²) < 4.78 is 15.0. The first-order valence-electron chi connectivity index (χ1n) is 7.56. The quantitative estimate of drug-likeness (QED) is 0.727. The number of nitrogens with zero attached hydrogens (tertiary/aromatic N) is 3. The molecule has 3 nitrogen and oxygen atoms in total. The van der Waals surface area contributed by atoms with Crippen LogP contribution in [0.3, 0.4) is 0 Å². The molecule has 0 aliphatic heterocycles. The van der Waals surface area contributed by atoms with E-state index in [1.807, 2.05) is 13.2 Å². The fraction of sp³-hybridized carbons (Fsp3) is 0.211. The lowest BCUT2D eigenvalue weighted by Gasteiger charge is -2.11. The number of hydrogen-bond donors (Lipinski definition) is 0. The van der Waals surface area contributed by atoms with Crippen LogP contribution in [0, 0.1) is 5.82 Å². The van der Waals surface area contributed by atoms with E-state index in [1.54, 1.807) is 16.8 Å². The second kappa shape index (κ2) is 6.34. The third kappa shape index (κ3) is 3.48. The molecular weight excluding hydrogens is 289 g/mol. The molecule has 3 aromatic rings. The van der Waals surface area contributed by atoms with Gasteiger partial charge in [-0.05, 0) is 55.6 Å². The van der Waals surface area contributed by atoms with Gasteiger partial charge in [-0.25, -0.2) is 4.39 Å². The normalized spacial score (nSPS) is 11.2. The van der Waals surface area contributed by atoms with Crippen molar-refractivity contribution in [2.24, 2.45) is 7.05 Å². The van der Waals surface area contributed by atoms with Crippen molar-refractivity contribution in [1.82, 2.24) is 14.7 Å². The Morgan fingerprint density at radius 3 is 2.48 bits per heavy atom. The Kier molecular flexibility index (Phi) is 4.26. The van der Waals surface area contributed by atoms with E-state index in [1.165, 1.54) is 17.7 Å². The van der Waals surface area contributed by atoms with Gasteiger partial charge >= 0.3 is 0 Å². The van der Waals surface area contributed by atoms with Crippen molar-refractivity contribution in [2.45, 2.75) is 6.54 Å². The summed E-state index contributed by atoms with van der Waals surface area (Å²) in [5, 5.41) is 4.56. The minimum absolute atomic E-state index is 0.237. The van der Waals surface area contributed by atoms with Gasteiger partial charge in [0.2, 0.25) is 0 Å². The largest absolute Gasteiger partial charge is 0.305 e. The van der Waals surface area contributed by atoms with Crippen molar-refractivity contribution in [3.05, 3.63) is 66.1 Å². The molecule has 0 saturated heterocycles. The maximum atomic E-state index is 13.2. The number of rotatable bonds is 4. The van der Waals surface area contributed by atoms with Crippen molar-refractivity contribution >= 4 is 0 Å². The number of benzene rings is 2. The minimum atomic E-state index is -0.237. The van der Waals surface area contributed by atoms with Gasteiger partial charge in [-0.15, -0.1) is 0 Å². The van der Waals surface area contributed by atoms with Gasteiger partial charge in [0.25, 0.3) is 0 Å². The van der Waals surface area contributed by atoms with Crippen LogP contribution in [0.25, 0.3) is 22.4 Å². The van der Waals surface area contributed by atoms with Crippen molar-refractivity contribution in [3.8, 4) is 22.4 Å². The Balaban J connectivity index is 2.05. The molecule has 4 heteroatoms. The maximum Gasteiger partial charge on any atom is 0.123 e. The Morgan fingerprint density at radius 2 is 1.78 bits per heavy atom. The van der Waals surface area contributed by atoms with Crippen LogP contribution in [0.5, 0.6) is 0 Å². The van der Waals surface area contributed by atoms with Crippen LogP contribution in [-0.2, 0) is 13.6 Å². The first-order chi connectivity index (χ1) is 11.0. The van der Waals surface area contributed by atoms with E-state index in [0.29, 0.717) is 0 Å². The highest BCUT2D eigenvalue weighted by Gasteiger charge is 2.12. The number of aryl methyl sites for hydroxylation is 1. The Morgan fingerprint density at radius 1 is 1.04 bits per heavy atom.